The molecule has 0 aliphatic rings. The summed E-state index contributed by atoms with van der Waals surface area (Å²) in [5, 5.41) is 0.733. The number of aryl methyl sites for hydroxylation is 2. The van der Waals surface area contributed by atoms with Crippen molar-refractivity contribution in [2.24, 2.45) is 0 Å². The maximum Gasteiger partial charge on any atom is 0.181 e. The molecule has 0 atom stereocenters. The van der Waals surface area contributed by atoms with E-state index in [2.05, 4.69) is 20.9 Å². The van der Waals surface area contributed by atoms with Crippen LogP contribution in [-0.4, -0.2) is 4.98 Å². The van der Waals surface area contributed by atoms with Crippen LogP contribution in [0.15, 0.2) is 33.6 Å². The first-order valence-electron chi connectivity index (χ1n) is 4.39. The van der Waals surface area contributed by atoms with Crippen LogP contribution in [0.1, 0.15) is 17.2 Å². The first-order valence-corrected chi connectivity index (χ1v) is 5.52. The fourth-order valence-corrected chi connectivity index (χ4v) is 1.75. The molecule has 0 amide bonds. The number of alkyl halides is 1. The maximum atomic E-state index is 5.27. The van der Waals surface area contributed by atoms with Crippen molar-refractivity contribution in [2.45, 2.75) is 18.2 Å². The van der Waals surface area contributed by atoms with Gasteiger partial charge in [0.1, 0.15) is 11.5 Å². The Labute approximate surface area is 90.3 Å². The van der Waals surface area contributed by atoms with Gasteiger partial charge in [-0.15, -0.1) is 0 Å². The molecule has 0 aliphatic heterocycles. The summed E-state index contributed by atoms with van der Waals surface area (Å²) in [4.78, 5) is 4.09. The van der Waals surface area contributed by atoms with Gasteiger partial charge in [-0.1, -0.05) is 15.9 Å². The molecule has 0 spiro atoms. The number of halogens is 1. The van der Waals surface area contributed by atoms with Crippen LogP contribution >= 0.6 is 15.9 Å². The molecule has 0 radical (unpaired) electrons. The molecule has 0 bridgehead atoms. The molecule has 2 rings (SSSR count). The topological polar surface area (TPSA) is 39.2 Å². The number of furan rings is 1. The van der Waals surface area contributed by atoms with E-state index >= 15 is 0 Å². The Kier molecular flexibility index (Phi) is 3.03. The molecule has 0 unspecified atom stereocenters. The zero-order valence-electron chi connectivity index (χ0n) is 7.57. The van der Waals surface area contributed by atoms with Gasteiger partial charge < -0.3 is 8.83 Å². The second-order valence-corrected chi connectivity index (χ2v) is 3.50. The molecule has 0 saturated heterocycles. The monoisotopic (exact) mass is 255 g/mol. The van der Waals surface area contributed by atoms with E-state index in [1.807, 2.05) is 12.1 Å². The third kappa shape index (κ3) is 2.07. The fraction of sp³-hybridized carbons (Fsp3) is 0.300. The molecule has 0 fully saturated rings. The third-order valence-electron chi connectivity index (χ3n) is 2.03. The van der Waals surface area contributed by atoms with Gasteiger partial charge in [0.25, 0.3) is 0 Å². The minimum Gasteiger partial charge on any atom is -0.469 e. The van der Waals surface area contributed by atoms with E-state index in [9.17, 15) is 0 Å². The summed E-state index contributed by atoms with van der Waals surface area (Å²) in [5.74, 6) is 1.90. The Hall–Kier alpha value is -1.03. The molecule has 0 aliphatic carbocycles. The average molecular weight is 256 g/mol. The predicted molar refractivity (Wildman–Crippen MR) is 55.3 cm³/mol. The minimum atomic E-state index is 0.733. The highest BCUT2D eigenvalue weighted by Gasteiger charge is 2.07. The van der Waals surface area contributed by atoms with E-state index in [1.54, 1.807) is 6.26 Å². The summed E-state index contributed by atoms with van der Waals surface area (Å²) in [5.41, 5.74) is 0.969. The van der Waals surface area contributed by atoms with Crippen molar-refractivity contribution in [3.05, 3.63) is 42.0 Å². The number of oxazole rings is 1. The molecule has 2 aromatic heterocycles. The summed E-state index contributed by atoms with van der Waals surface area (Å²) in [6.07, 6.45) is 4.84. The zero-order chi connectivity index (χ0) is 9.80. The van der Waals surface area contributed by atoms with Crippen molar-refractivity contribution >= 4 is 15.9 Å². The fourth-order valence-electron chi connectivity index (χ4n) is 1.30. The molecule has 0 N–H and O–H groups in total. The first-order chi connectivity index (χ1) is 6.90. The Morgan fingerprint density at radius 2 is 2.21 bits per heavy atom. The lowest BCUT2D eigenvalue weighted by molar-refractivity contribution is 0.471. The van der Waals surface area contributed by atoms with Gasteiger partial charge in [0.2, 0.25) is 0 Å². The van der Waals surface area contributed by atoms with Gasteiger partial charge in [-0.05, 0) is 12.1 Å². The highest BCUT2D eigenvalue weighted by atomic mass is 79.9. The van der Waals surface area contributed by atoms with Crippen molar-refractivity contribution < 1.29 is 8.83 Å². The number of hydrogen-bond acceptors (Lipinski definition) is 3. The van der Waals surface area contributed by atoms with Gasteiger partial charge in [-0.25, -0.2) is 4.98 Å². The molecule has 74 valence electrons. The number of aromatic nitrogens is 1. The van der Waals surface area contributed by atoms with Crippen LogP contribution in [-0.2, 0) is 18.2 Å². The van der Waals surface area contributed by atoms with Crippen LogP contribution < -0.4 is 0 Å². The Bertz CT molecular complexity index is 380. The third-order valence-corrected chi connectivity index (χ3v) is 2.56. The Morgan fingerprint density at radius 1 is 1.29 bits per heavy atom. The lowest BCUT2D eigenvalue weighted by Gasteiger charge is -1.96. The average Bonchev–Trinajstić information content (AvgIpc) is 2.85. The van der Waals surface area contributed by atoms with Gasteiger partial charge in [0.15, 0.2) is 6.39 Å². The van der Waals surface area contributed by atoms with Crippen LogP contribution in [0.3, 0.4) is 0 Å². The second kappa shape index (κ2) is 4.46. The molecule has 2 heterocycles. The lowest BCUT2D eigenvalue weighted by atomic mass is 10.2. The summed E-state index contributed by atoms with van der Waals surface area (Å²) in [7, 11) is 0. The Balaban J connectivity index is 1.98. The maximum absolute atomic E-state index is 5.27. The van der Waals surface area contributed by atoms with Crippen LogP contribution in [0.4, 0.5) is 0 Å². The molecule has 3 nitrogen and oxygen atoms in total. The molecule has 4 heteroatoms. The molecular weight excluding hydrogens is 246 g/mol. The molecular formula is C10H10BrNO2. The smallest absolute Gasteiger partial charge is 0.181 e. The van der Waals surface area contributed by atoms with Crippen molar-refractivity contribution in [3.63, 3.8) is 0 Å². The first kappa shape index (κ1) is 9.52. The van der Waals surface area contributed by atoms with Crippen LogP contribution in [0, 0.1) is 0 Å². The van der Waals surface area contributed by atoms with Crippen molar-refractivity contribution in [1.29, 1.82) is 0 Å². The van der Waals surface area contributed by atoms with E-state index in [1.165, 1.54) is 6.39 Å². The predicted octanol–water partition coefficient (Wildman–Crippen LogP) is 2.95. The van der Waals surface area contributed by atoms with E-state index in [0.717, 1.165) is 35.4 Å². The van der Waals surface area contributed by atoms with E-state index in [0.29, 0.717) is 0 Å². The summed E-state index contributed by atoms with van der Waals surface area (Å²) < 4.78 is 10.5. The van der Waals surface area contributed by atoms with Gasteiger partial charge >= 0.3 is 0 Å². The molecule has 2 aromatic rings. The highest BCUT2D eigenvalue weighted by molar-refractivity contribution is 9.08. The number of rotatable bonds is 4. The molecule has 0 aromatic carbocycles. The summed E-state index contributed by atoms with van der Waals surface area (Å²) >= 11 is 3.36. The van der Waals surface area contributed by atoms with Gasteiger partial charge in [0, 0.05) is 18.2 Å². The van der Waals surface area contributed by atoms with E-state index in [-0.39, 0.29) is 0 Å². The quantitative estimate of drug-likeness (QED) is 0.789. The number of nitrogens with zero attached hydrogens (tertiary/aromatic N) is 1. The zero-order valence-corrected chi connectivity index (χ0v) is 9.16. The van der Waals surface area contributed by atoms with Gasteiger partial charge in [-0.3, -0.25) is 0 Å². The van der Waals surface area contributed by atoms with Crippen molar-refractivity contribution in [3.8, 4) is 0 Å². The van der Waals surface area contributed by atoms with Crippen LogP contribution in [0.5, 0.6) is 0 Å². The van der Waals surface area contributed by atoms with Gasteiger partial charge in [-0.2, -0.15) is 0 Å². The largest absolute Gasteiger partial charge is 0.469 e. The van der Waals surface area contributed by atoms with Gasteiger partial charge in [0.05, 0.1) is 12.0 Å². The minimum absolute atomic E-state index is 0.733. The lowest BCUT2D eigenvalue weighted by Crippen LogP contribution is -1.91. The molecule has 14 heavy (non-hydrogen) atoms. The van der Waals surface area contributed by atoms with Crippen molar-refractivity contribution in [2.75, 3.05) is 0 Å². The summed E-state index contributed by atoms with van der Waals surface area (Å²) in [6.45, 7) is 0. The normalized spacial score (nSPS) is 10.6. The second-order valence-electron chi connectivity index (χ2n) is 2.94. The van der Waals surface area contributed by atoms with Crippen LogP contribution in [0.25, 0.3) is 0 Å². The molecule has 0 saturated carbocycles. The summed E-state index contributed by atoms with van der Waals surface area (Å²) in [6, 6.07) is 3.85. The van der Waals surface area contributed by atoms with E-state index in [4.69, 9.17) is 8.83 Å². The number of hydrogen-bond donors (Lipinski definition) is 0. The van der Waals surface area contributed by atoms with Crippen molar-refractivity contribution in [1.82, 2.24) is 4.98 Å². The highest BCUT2D eigenvalue weighted by Crippen LogP contribution is 2.13. The standard InChI is InChI=1S/C10H10BrNO2/c11-6-9-10(14-7-12-9)4-3-8-2-1-5-13-8/h1-2,5,7H,3-4,6H2. The van der Waals surface area contributed by atoms with E-state index < -0.39 is 0 Å². The Morgan fingerprint density at radius 3 is 2.93 bits per heavy atom. The SMILES string of the molecule is BrCc1ncoc1CCc1ccco1. The van der Waals surface area contributed by atoms with Crippen LogP contribution in [0.2, 0.25) is 0 Å².